The van der Waals surface area contributed by atoms with Crippen LogP contribution in [0.5, 0.6) is 11.5 Å². The van der Waals surface area contributed by atoms with Crippen LogP contribution >= 0.6 is 11.8 Å². The van der Waals surface area contributed by atoms with E-state index in [0.29, 0.717) is 41.1 Å². The summed E-state index contributed by atoms with van der Waals surface area (Å²) >= 11 is 0.889. The molecular weight excluding hydrogens is 405 g/mol. The standard InChI is InChI=1S/C23H24FNO4S/c1-4-28-20-11-17(7-10-19(20)29-14-15(2)3)12-21-22(26)25(23(27)30-21)13-16-5-8-18(24)9-6-16/h5-12,15H,4,13-14H2,1-3H3/b21-12-. The Morgan fingerprint density at radius 2 is 1.80 bits per heavy atom. The van der Waals surface area contributed by atoms with Crippen molar-refractivity contribution in [2.24, 2.45) is 5.92 Å². The monoisotopic (exact) mass is 429 g/mol. The van der Waals surface area contributed by atoms with Gasteiger partial charge in [-0.3, -0.25) is 14.5 Å². The average Bonchev–Trinajstić information content (AvgIpc) is 2.96. The zero-order valence-corrected chi connectivity index (χ0v) is 18.0. The molecule has 0 aliphatic carbocycles. The molecular formula is C23H24FNO4S. The first kappa shape index (κ1) is 21.9. The van der Waals surface area contributed by atoms with Crippen LogP contribution in [-0.2, 0) is 11.3 Å². The van der Waals surface area contributed by atoms with Gasteiger partial charge in [0.05, 0.1) is 24.7 Å². The summed E-state index contributed by atoms with van der Waals surface area (Å²) in [6.07, 6.45) is 1.67. The highest BCUT2D eigenvalue weighted by atomic mass is 32.2. The maximum atomic E-state index is 13.1. The third-order valence-corrected chi connectivity index (χ3v) is 5.17. The molecule has 2 amide bonds. The summed E-state index contributed by atoms with van der Waals surface area (Å²) in [5.41, 5.74) is 1.42. The predicted octanol–water partition coefficient (Wildman–Crippen LogP) is 5.50. The first-order chi connectivity index (χ1) is 14.4. The zero-order chi connectivity index (χ0) is 21.7. The maximum absolute atomic E-state index is 13.1. The molecule has 2 aromatic rings. The SMILES string of the molecule is CCOc1cc(/C=C2\SC(=O)N(Cc3ccc(F)cc3)C2=O)ccc1OCC(C)C. The van der Waals surface area contributed by atoms with E-state index in [1.54, 1.807) is 24.3 Å². The molecule has 0 unspecified atom stereocenters. The lowest BCUT2D eigenvalue weighted by Gasteiger charge is -2.14. The van der Waals surface area contributed by atoms with E-state index in [4.69, 9.17) is 9.47 Å². The Morgan fingerprint density at radius 3 is 2.47 bits per heavy atom. The summed E-state index contributed by atoms with van der Waals surface area (Å²) in [5, 5.41) is -0.350. The van der Waals surface area contributed by atoms with E-state index in [1.165, 1.54) is 12.1 Å². The van der Waals surface area contributed by atoms with Crippen LogP contribution < -0.4 is 9.47 Å². The normalized spacial score (nSPS) is 15.4. The largest absolute Gasteiger partial charge is 0.490 e. The van der Waals surface area contributed by atoms with Gasteiger partial charge in [-0.1, -0.05) is 32.0 Å². The topological polar surface area (TPSA) is 55.8 Å². The minimum absolute atomic E-state index is 0.106. The van der Waals surface area contributed by atoms with Crippen LogP contribution in [0.2, 0.25) is 0 Å². The van der Waals surface area contributed by atoms with Gasteiger partial charge in [0.2, 0.25) is 0 Å². The summed E-state index contributed by atoms with van der Waals surface area (Å²) in [4.78, 5) is 26.6. The van der Waals surface area contributed by atoms with E-state index in [-0.39, 0.29) is 23.5 Å². The predicted molar refractivity (Wildman–Crippen MR) is 116 cm³/mol. The van der Waals surface area contributed by atoms with Crippen molar-refractivity contribution in [3.63, 3.8) is 0 Å². The quantitative estimate of drug-likeness (QED) is 0.519. The van der Waals surface area contributed by atoms with E-state index < -0.39 is 0 Å². The Morgan fingerprint density at radius 1 is 1.07 bits per heavy atom. The molecule has 0 N–H and O–H groups in total. The molecule has 1 saturated heterocycles. The maximum Gasteiger partial charge on any atom is 0.293 e. The van der Waals surface area contributed by atoms with Crippen molar-refractivity contribution >= 4 is 29.0 Å². The van der Waals surface area contributed by atoms with Crippen LogP contribution in [0.25, 0.3) is 6.08 Å². The molecule has 0 saturated carbocycles. The fourth-order valence-corrected chi connectivity index (χ4v) is 3.66. The number of carbonyl (C=O) groups is 2. The lowest BCUT2D eigenvalue weighted by molar-refractivity contribution is -0.123. The fourth-order valence-electron chi connectivity index (χ4n) is 2.82. The lowest BCUT2D eigenvalue weighted by Crippen LogP contribution is -2.27. The molecule has 0 atom stereocenters. The molecule has 1 aliphatic rings. The van der Waals surface area contributed by atoms with Crippen molar-refractivity contribution in [3.05, 3.63) is 64.3 Å². The van der Waals surface area contributed by atoms with Crippen LogP contribution in [0.3, 0.4) is 0 Å². The summed E-state index contributed by atoms with van der Waals surface area (Å²) < 4.78 is 24.6. The van der Waals surface area contributed by atoms with Crippen LogP contribution in [-0.4, -0.2) is 29.3 Å². The molecule has 0 bridgehead atoms. The number of carbonyl (C=O) groups excluding carboxylic acids is 2. The van der Waals surface area contributed by atoms with Crippen LogP contribution in [0.4, 0.5) is 9.18 Å². The van der Waals surface area contributed by atoms with Crippen LogP contribution in [0.1, 0.15) is 31.9 Å². The van der Waals surface area contributed by atoms with Gasteiger partial charge in [-0.05, 0) is 66.1 Å². The molecule has 7 heteroatoms. The van der Waals surface area contributed by atoms with Crippen molar-refractivity contribution in [2.45, 2.75) is 27.3 Å². The van der Waals surface area contributed by atoms with Gasteiger partial charge in [0.15, 0.2) is 11.5 Å². The molecule has 1 heterocycles. The van der Waals surface area contributed by atoms with Gasteiger partial charge < -0.3 is 9.47 Å². The first-order valence-corrected chi connectivity index (χ1v) is 10.6. The number of benzene rings is 2. The Bertz CT molecular complexity index is 956. The molecule has 0 aromatic heterocycles. The molecule has 3 rings (SSSR count). The van der Waals surface area contributed by atoms with Gasteiger partial charge >= 0.3 is 0 Å². The van der Waals surface area contributed by atoms with Crippen molar-refractivity contribution in [3.8, 4) is 11.5 Å². The van der Waals surface area contributed by atoms with E-state index in [9.17, 15) is 14.0 Å². The second kappa shape index (κ2) is 9.80. The highest BCUT2D eigenvalue weighted by Crippen LogP contribution is 2.35. The van der Waals surface area contributed by atoms with Crippen LogP contribution in [0, 0.1) is 11.7 Å². The highest BCUT2D eigenvalue weighted by Gasteiger charge is 2.35. The Kier molecular flexibility index (Phi) is 7.15. The van der Waals surface area contributed by atoms with Gasteiger partial charge in [-0.15, -0.1) is 0 Å². The van der Waals surface area contributed by atoms with Gasteiger partial charge in [0.1, 0.15) is 5.82 Å². The Balaban J connectivity index is 1.78. The van der Waals surface area contributed by atoms with Gasteiger partial charge in [-0.25, -0.2) is 4.39 Å². The fraction of sp³-hybridized carbons (Fsp3) is 0.304. The van der Waals surface area contributed by atoms with E-state index in [1.807, 2.05) is 19.1 Å². The van der Waals surface area contributed by atoms with Crippen LogP contribution in [0.15, 0.2) is 47.4 Å². The molecule has 158 valence electrons. The average molecular weight is 430 g/mol. The number of thioether (sulfide) groups is 1. The third kappa shape index (κ3) is 5.42. The number of halogens is 1. The number of hydrogen-bond acceptors (Lipinski definition) is 5. The summed E-state index contributed by atoms with van der Waals surface area (Å²) in [5.74, 6) is 0.891. The zero-order valence-electron chi connectivity index (χ0n) is 17.2. The van der Waals surface area contributed by atoms with Crippen molar-refractivity contribution in [1.29, 1.82) is 0 Å². The van der Waals surface area contributed by atoms with Crippen molar-refractivity contribution in [1.82, 2.24) is 4.90 Å². The minimum Gasteiger partial charge on any atom is -0.490 e. The third-order valence-electron chi connectivity index (χ3n) is 4.27. The van der Waals surface area contributed by atoms with E-state index in [2.05, 4.69) is 13.8 Å². The summed E-state index contributed by atoms with van der Waals surface area (Å²) in [6.45, 7) is 7.18. The van der Waals surface area contributed by atoms with E-state index >= 15 is 0 Å². The molecule has 1 aliphatic heterocycles. The van der Waals surface area contributed by atoms with E-state index in [0.717, 1.165) is 22.2 Å². The summed E-state index contributed by atoms with van der Waals surface area (Å²) in [7, 11) is 0. The number of rotatable bonds is 8. The van der Waals surface area contributed by atoms with Crippen molar-refractivity contribution < 1.29 is 23.5 Å². The number of amides is 2. The molecule has 0 spiro atoms. The lowest BCUT2D eigenvalue weighted by atomic mass is 10.1. The summed E-state index contributed by atoms with van der Waals surface area (Å²) in [6, 6.07) is 11.2. The second-order valence-electron chi connectivity index (χ2n) is 7.24. The Labute approximate surface area is 179 Å². The number of nitrogens with zero attached hydrogens (tertiary/aromatic N) is 1. The molecule has 30 heavy (non-hydrogen) atoms. The highest BCUT2D eigenvalue weighted by molar-refractivity contribution is 8.18. The number of hydrogen-bond donors (Lipinski definition) is 0. The van der Waals surface area contributed by atoms with Gasteiger partial charge in [0, 0.05) is 0 Å². The smallest absolute Gasteiger partial charge is 0.293 e. The molecule has 2 aromatic carbocycles. The molecule has 1 fully saturated rings. The van der Waals surface area contributed by atoms with Gasteiger partial charge in [-0.2, -0.15) is 0 Å². The van der Waals surface area contributed by atoms with Crippen molar-refractivity contribution in [2.75, 3.05) is 13.2 Å². The number of imide groups is 1. The minimum atomic E-state index is -0.368. The second-order valence-corrected chi connectivity index (χ2v) is 8.23. The first-order valence-electron chi connectivity index (χ1n) is 9.76. The number of ether oxygens (including phenoxy) is 2. The molecule has 0 radical (unpaired) electrons. The Hall–Kier alpha value is -2.80. The molecule has 5 nitrogen and oxygen atoms in total. The van der Waals surface area contributed by atoms with Gasteiger partial charge in [0.25, 0.3) is 11.1 Å².